The van der Waals surface area contributed by atoms with Crippen LogP contribution in [-0.4, -0.2) is 16.1 Å². The highest BCUT2D eigenvalue weighted by Crippen LogP contribution is 2.13. The predicted octanol–water partition coefficient (Wildman–Crippen LogP) is 1.78. The summed E-state index contributed by atoms with van der Waals surface area (Å²) < 4.78 is 36.9. The molecule has 1 aromatic carbocycles. The van der Waals surface area contributed by atoms with Crippen molar-refractivity contribution in [2.75, 3.05) is 0 Å². The highest BCUT2D eigenvalue weighted by atomic mass is 19.4. The summed E-state index contributed by atoms with van der Waals surface area (Å²) in [5.41, 5.74) is -0.196. The van der Waals surface area contributed by atoms with Crippen LogP contribution in [0.4, 0.5) is 13.2 Å². The zero-order valence-corrected chi connectivity index (χ0v) is 9.59. The highest BCUT2D eigenvalue weighted by Gasteiger charge is 2.33. The standard InChI is InChI=1S/C12H9F3N2O2/c13-12(14,15)19-17-10(16-7-6-11(17)18)8-9-4-2-1-3-5-9/h1-7H,8H2. The van der Waals surface area contributed by atoms with E-state index in [-0.39, 0.29) is 17.0 Å². The molecule has 0 atom stereocenters. The third-order valence-electron chi connectivity index (χ3n) is 2.28. The predicted molar refractivity (Wildman–Crippen MR) is 60.4 cm³/mol. The van der Waals surface area contributed by atoms with Gasteiger partial charge in [-0.05, 0) is 5.56 Å². The molecule has 2 rings (SSSR count). The van der Waals surface area contributed by atoms with Crippen LogP contribution in [0.5, 0.6) is 0 Å². The van der Waals surface area contributed by atoms with E-state index in [0.717, 1.165) is 17.8 Å². The summed E-state index contributed by atoms with van der Waals surface area (Å²) in [6.45, 7) is 0. The van der Waals surface area contributed by atoms with Gasteiger partial charge in [0.1, 0.15) is 0 Å². The second kappa shape index (κ2) is 5.13. The molecule has 0 aliphatic heterocycles. The lowest BCUT2D eigenvalue weighted by molar-refractivity contribution is -0.325. The van der Waals surface area contributed by atoms with Crippen molar-refractivity contribution in [1.82, 2.24) is 9.71 Å². The molecule has 0 fully saturated rings. The lowest BCUT2D eigenvalue weighted by Gasteiger charge is -2.13. The van der Waals surface area contributed by atoms with E-state index in [2.05, 4.69) is 9.82 Å². The van der Waals surface area contributed by atoms with Crippen LogP contribution in [0.3, 0.4) is 0 Å². The maximum Gasteiger partial charge on any atom is 0.591 e. The zero-order chi connectivity index (χ0) is 13.9. The molecule has 0 aliphatic rings. The van der Waals surface area contributed by atoms with E-state index in [0.29, 0.717) is 0 Å². The van der Waals surface area contributed by atoms with Crippen LogP contribution >= 0.6 is 0 Å². The minimum Gasteiger partial charge on any atom is -0.308 e. The van der Waals surface area contributed by atoms with E-state index in [9.17, 15) is 18.0 Å². The van der Waals surface area contributed by atoms with Gasteiger partial charge in [0.25, 0.3) is 5.56 Å². The average molecular weight is 270 g/mol. The van der Waals surface area contributed by atoms with Crippen LogP contribution in [-0.2, 0) is 6.42 Å². The van der Waals surface area contributed by atoms with Gasteiger partial charge >= 0.3 is 6.36 Å². The number of alkyl halides is 3. The van der Waals surface area contributed by atoms with Crippen molar-refractivity contribution >= 4 is 0 Å². The molecule has 0 aliphatic carbocycles. The van der Waals surface area contributed by atoms with Gasteiger partial charge in [0, 0.05) is 18.7 Å². The first kappa shape index (κ1) is 13.1. The maximum atomic E-state index is 12.2. The number of aromatic nitrogens is 2. The first-order valence-electron chi connectivity index (χ1n) is 5.33. The van der Waals surface area contributed by atoms with Crippen molar-refractivity contribution in [1.29, 1.82) is 0 Å². The SMILES string of the molecule is O=c1ccnc(Cc2ccccc2)n1OC(F)(F)F. The Bertz CT molecular complexity index is 608. The third kappa shape index (κ3) is 3.57. The van der Waals surface area contributed by atoms with Gasteiger partial charge in [-0.15, -0.1) is 17.9 Å². The molecule has 0 bridgehead atoms. The largest absolute Gasteiger partial charge is 0.591 e. The van der Waals surface area contributed by atoms with Crippen LogP contribution in [0.2, 0.25) is 0 Å². The Hall–Kier alpha value is -2.31. The topological polar surface area (TPSA) is 44.1 Å². The first-order valence-corrected chi connectivity index (χ1v) is 5.33. The van der Waals surface area contributed by atoms with Crippen LogP contribution in [0, 0.1) is 0 Å². The van der Waals surface area contributed by atoms with Crippen LogP contribution in [0.25, 0.3) is 0 Å². The van der Waals surface area contributed by atoms with E-state index in [1.807, 2.05) is 0 Å². The minimum atomic E-state index is -4.95. The van der Waals surface area contributed by atoms with Crippen LogP contribution in [0.15, 0.2) is 47.4 Å². The normalized spacial score (nSPS) is 11.3. The average Bonchev–Trinajstić information content (AvgIpc) is 2.34. The summed E-state index contributed by atoms with van der Waals surface area (Å²) in [6, 6.07) is 9.60. The molecule has 1 aromatic heterocycles. The summed E-state index contributed by atoms with van der Waals surface area (Å²) in [7, 11) is 0. The lowest BCUT2D eigenvalue weighted by Crippen LogP contribution is -2.37. The molecule has 0 unspecified atom stereocenters. The van der Waals surface area contributed by atoms with Crippen molar-refractivity contribution in [2.24, 2.45) is 0 Å². The molecular weight excluding hydrogens is 261 g/mol. The summed E-state index contributed by atoms with van der Waals surface area (Å²) in [6.07, 6.45) is -3.73. The smallest absolute Gasteiger partial charge is 0.308 e. The zero-order valence-electron chi connectivity index (χ0n) is 9.59. The Morgan fingerprint density at radius 3 is 2.47 bits per heavy atom. The highest BCUT2D eigenvalue weighted by molar-refractivity contribution is 5.18. The Kier molecular flexibility index (Phi) is 3.55. The fourth-order valence-corrected chi connectivity index (χ4v) is 1.53. The molecule has 0 radical (unpaired) electrons. The molecule has 19 heavy (non-hydrogen) atoms. The Morgan fingerprint density at radius 2 is 1.84 bits per heavy atom. The molecule has 2 aromatic rings. The molecule has 0 spiro atoms. The van der Waals surface area contributed by atoms with Crippen molar-refractivity contribution < 1.29 is 18.0 Å². The van der Waals surface area contributed by atoms with E-state index in [4.69, 9.17) is 0 Å². The first-order chi connectivity index (χ1) is 8.96. The fraction of sp³-hybridized carbons (Fsp3) is 0.167. The van der Waals surface area contributed by atoms with E-state index < -0.39 is 11.9 Å². The summed E-state index contributed by atoms with van der Waals surface area (Å²) in [5, 5.41) is 0. The summed E-state index contributed by atoms with van der Waals surface area (Å²) in [4.78, 5) is 18.8. The third-order valence-corrected chi connectivity index (χ3v) is 2.28. The van der Waals surface area contributed by atoms with E-state index in [1.165, 1.54) is 0 Å². The number of hydrogen-bond donors (Lipinski definition) is 0. The van der Waals surface area contributed by atoms with Gasteiger partial charge in [0.05, 0.1) is 0 Å². The number of hydrogen-bond acceptors (Lipinski definition) is 3. The molecule has 7 heteroatoms. The molecule has 0 saturated carbocycles. The van der Waals surface area contributed by atoms with Crippen molar-refractivity contribution in [3.63, 3.8) is 0 Å². The van der Waals surface area contributed by atoms with Gasteiger partial charge in [0.2, 0.25) is 0 Å². The van der Waals surface area contributed by atoms with Crippen LogP contribution < -0.4 is 10.4 Å². The summed E-state index contributed by atoms with van der Waals surface area (Å²) in [5.74, 6) is -0.115. The van der Waals surface area contributed by atoms with Gasteiger partial charge in [-0.1, -0.05) is 30.3 Å². The molecular formula is C12H9F3N2O2. The molecule has 4 nitrogen and oxygen atoms in total. The van der Waals surface area contributed by atoms with Crippen molar-refractivity contribution in [3.05, 3.63) is 64.3 Å². The summed E-state index contributed by atoms with van der Waals surface area (Å²) >= 11 is 0. The second-order valence-corrected chi connectivity index (χ2v) is 3.69. The quantitative estimate of drug-likeness (QED) is 0.854. The fourth-order valence-electron chi connectivity index (χ4n) is 1.53. The Morgan fingerprint density at radius 1 is 1.16 bits per heavy atom. The monoisotopic (exact) mass is 270 g/mol. The number of nitrogens with zero attached hydrogens (tertiary/aromatic N) is 2. The number of benzene rings is 1. The molecule has 1 heterocycles. The van der Waals surface area contributed by atoms with E-state index in [1.54, 1.807) is 30.3 Å². The molecule has 0 amide bonds. The minimum absolute atomic E-state index is 0.0625. The maximum absolute atomic E-state index is 12.2. The second-order valence-electron chi connectivity index (χ2n) is 3.69. The Balaban J connectivity index is 2.35. The molecule has 100 valence electrons. The van der Waals surface area contributed by atoms with Crippen molar-refractivity contribution in [3.8, 4) is 0 Å². The van der Waals surface area contributed by atoms with Gasteiger partial charge in [-0.2, -0.15) is 0 Å². The lowest BCUT2D eigenvalue weighted by atomic mass is 10.1. The van der Waals surface area contributed by atoms with Crippen molar-refractivity contribution in [2.45, 2.75) is 12.8 Å². The van der Waals surface area contributed by atoms with E-state index >= 15 is 0 Å². The number of halogens is 3. The molecule has 0 N–H and O–H groups in total. The van der Waals surface area contributed by atoms with Crippen LogP contribution in [0.1, 0.15) is 11.4 Å². The number of rotatable bonds is 3. The van der Waals surface area contributed by atoms with Gasteiger partial charge < -0.3 is 4.84 Å². The van der Waals surface area contributed by atoms with Gasteiger partial charge in [-0.25, -0.2) is 4.98 Å². The Labute approximate surface area is 106 Å². The van der Waals surface area contributed by atoms with Gasteiger partial charge in [0.15, 0.2) is 5.82 Å². The molecule has 0 saturated heterocycles. The van der Waals surface area contributed by atoms with Gasteiger partial charge in [-0.3, -0.25) is 4.79 Å².